The van der Waals surface area contributed by atoms with Gasteiger partial charge in [-0.3, -0.25) is 19.9 Å². The second kappa shape index (κ2) is 9.62. The van der Waals surface area contributed by atoms with Crippen LogP contribution in [-0.4, -0.2) is 72.7 Å². The van der Waals surface area contributed by atoms with Crippen LogP contribution in [0.1, 0.15) is 12.8 Å². The predicted molar refractivity (Wildman–Crippen MR) is 123 cm³/mol. The molecule has 0 spiro atoms. The second-order valence-electron chi connectivity index (χ2n) is 8.07. The van der Waals surface area contributed by atoms with Crippen LogP contribution in [0, 0.1) is 16.0 Å². The highest BCUT2D eigenvalue weighted by molar-refractivity contribution is 7.89. The van der Waals surface area contributed by atoms with E-state index in [2.05, 4.69) is 4.98 Å². The zero-order chi connectivity index (χ0) is 23.6. The van der Waals surface area contributed by atoms with Gasteiger partial charge in [-0.1, -0.05) is 11.6 Å². The number of carbonyl (C=O) groups excluding carboxylic acids is 1. The van der Waals surface area contributed by atoms with Crippen LogP contribution in [0.4, 0.5) is 11.4 Å². The van der Waals surface area contributed by atoms with Crippen molar-refractivity contribution in [2.24, 2.45) is 5.92 Å². The van der Waals surface area contributed by atoms with Crippen molar-refractivity contribution in [3.8, 4) is 0 Å². The molecule has 2 fully saturated rings. The molecule has 0 N–H and O–H groups in total. The molecule has 3 heterocycles. The fraction of sp³-hybridized carbons (Fsp3) is 0.429. The third-order valence-electron chi connectivity index (χ3n) is 6.14. The van der Waals surface area contributed by atoms with E-state index in [-0.39, 0.29) is 35.5 Å². The maximum Gasteiger partial charge on any atom is 0.294 e. The van der Waals surface area contributed by atoms with Gasteiger partial charge in [0.15, 0.2) is 0 Å². The molecular weight excluding hydrogens is 470 g/mol. The van der Waals surface area contributed by atoms with Crippen molar-refractivity contribution >= 4 is 38.9 Å². The predicted octanol–water partition coefficient (Wildman–Crippen LogP) is 2.39. The van der Waals surface area contributed by atoms with E-state index in [9.17, 15) is 23.3 Å². The molecule has 2 saturated heterocycles. The van der Waals surface area contributed by atoms with Crippen LogP contribution >= 0.6 is 11.6 Å². The van der Waals surface area contributed by atoms with Crippen molar-refractivity contribution in [3.63, 3.8) is 0 Å². The van der Waals surface area contributed by atoms with Gasteiger partial charge in [-0.2, -0.15) is 4.31 Å². The third-order valence-corrected chi connectivity index (χ3v) is 8.26. The summed E-state index contributed by atoms with van der Waals surface area (Å²) < 4.78 is 26.9. The van der Waals surface area contributed by atoms with Gasteiger partial charge < -0.3 is 9.80 Å². The molecule has 0 unspecified atom stereocenters. The zero-order valence-corrected chi connectivity index (χ0v) is 19.4. The first kappa shape index (κ1) is 23.4. The molecule has 1 aromatic heterocycles. The molecule has 0 bridgehead atoms. The Morgan fingerprint density at radius 3 is 2.39 bits per heavy atom. The average Bonchev–Trinajstić information content (AvgIpc) is 2.84. The Bertz CT molecular complexity index is 1130. The van der Waals surface area contributed by atoms with E-state index in [0.717, 1.165) is 0 Å². The number of sulfonamides is 1. The number of anilines is 1. The minimum Gasteiger partial charge on any atom is -0.362 e. The fourth-order valence-corrected chi connectivity index (χ4v) is 5.93. The lowest BCUT2D eigenvalue weighted by molar-refractivity contribution is -0.384. The summed E-state index contributed by atoms with van der Waals surface area (Å²) in [5.41, 5.74) is 0.440. The number of nitro benzene ring substituents is 1. The van der Waals surface area contributed by atoms with Gasteiger partial charge in [-0.05, 0) is 37.1 Å². The topological polar surface area (TPSA) is 117 Å². The van der Waals surface area contributed by atoms with Crippen molar-refractivity contribution in [3.05, 3.63) is 57.9 Å². The molecule has 1 aromatic carbocycles. The van der Waals surface area contributed by atoms with E-state index >= 15 is 0 Å². The normalized spacial score (nSPS) is 18.3. The lowest BCUT2D eigenvalue weighted by atomic mass is 9.96. The Hall–Kier alpha value is -2.76. The molecule has 0 radical (unpaired) electrons. The van der Waals surface area contributed by atoms with Crippen LogP contribution in [-0.2, 0) is 14.8 Å². The number of halogens is 1. The van der Waals surface area contributed by atoms with Crippen LogP contribution < -0.4 is 4.90 Å². The fourth-order valence-electron chi connectivity index (χ4n) is 4.33. The molecule has 4 rings (SSSR count). The smallest absolute Gasteiger partial charge is 0.294 e. The lowest BCUT2D eigenvalue weighted by Crippen LogP contribution is -2.52. The highest BCUT2D eigenvalue weighted by Gasteiger charge is 2.35. The number of piperazine rings is 1. The molecule has 0 aliphatic carbocycles. The van der Waals surface area contributed by atoms with E-state index in [4.69, 9.17) is 11.6 Å². The summed E-state index contributed by atoms with van der Waals surface area (Å²) in [5, 5.41) is 11.7. The maximum atomic E-state index is 13.0. The summed E-state index contributed by atoms with van der Waals surface area (Å²) in [6.07, 6.45) is 3.77. The lowest BCUT2D eigenvalue weighted by Gasteiger charge is -2.39. The van der Waals surface area contributed by atoms with E-state index in [1.165, 1.54) is 28.8 Å². The number of hydrogen-bond donors (Lipinski definition) is 0. The van der Waals surface area contributed by atoms with Crippen molar-refractivity contribution < 1.29 is 18.1 Å². The first-order valence-electron chi connectivity index (χ1n) is 10.7. The number of aromatic nitrogens is 1. The summed E-state index contributed by atoms with van der Waals surface area (Å²) in [6, 6.07) is 7.69. The number of pyridine rings is 1. The largest absolute Gasteiger partial charge is 0.362 e. The molecular formula is C21H24ClN5O5S. The van der Waals surface area contributed by atoms with Crippen LogP contribution in [0.5, 0.6) is 0 Å². The number of rotatable bonds is 5. The third kappa shape index (κ3) is 4.94. The summed E-state index contributed by atoms with van der Waals surface area (Å²) in [7, 11) is -3.61. The number of hydrogen-bond acceptors (Lipinski definition) is 7. The number of piperidine rings is 1. The van der Waals surface area contributed by atoms with Crippen molar-refractivity contribution in [2.75, 3.05) is 44.2 Å². The van der Waals surface area contributed by atoms with Gasteiger partial charge >= 0.3 is 0 Å². The summed E-state index contributed by atoms with van der Waals surface area (Å²) >= 11 is 5.90. The van der Waals surface area contributed by atoms with Gasteiger partial charge in [0.25, 0.3) is 5.69 Å². The van der Waals surface area contributed by atoms with Crippen LogP contribution in [0.15, 0.2) is 47.6 Å². The van der Waals surface area contributed by atoms with Crippen molar-refractivity contribution in [1.29, 1.82) is 0 Å². The SMILES string of the molecule is O=C(C1CCN(S(=O)(=O)c2cccnc2)CC1)N1CCN(c2ccc(Cl)cc2[N+](=O)[O-])CC1. The Morgan fingerprint density at radius 1 is 1.09 bits per heavy atom. The van der Waals surface area contributed by atoms with Crippen molar-refractivity contribution in [2.45, 2.75) is 17.7 Å². The standard InChI is InChI=1S/C21H24ClN5O5S/c22-17-3-4-19(20(14-17)27(29)30)24-10-12-25(13-11-24)21(28)16-5-8-26(9-6-16)33(31,32)18-2-1-7-23-15-18/h1-4,7,14-16H,5-6,8-13H2. The molecule has 33 heavy (non-hydrogen) atoms. The molecule has 2 aliphatic rings. The van der Waals surface area contributed by atoms with Gasteiger partial charge in [-0.15, -0.1) is 0 Å². The molecule has 12 heteroatoms. The minimum absolute atomic E-state index is 0.0127. The molecule has 10 nitrogen and oxygen atoms in total. The van der Waals surface area contributed by atoms with Gasteiger partial charge in [0.05, 0.1) is 4.92 Å². The first-order chi connectivity index (χ1) is 15.8. The van der Waals surface area contributed by atoms with E-state index in [1.807, 2.05) is 4.90 Å². The Kier molecular flexibility index (Phi) is 6.82. The van der Waals surface area contributed by atoms with E-state index in [1.54, 1.807) is 23.1 Å². The summed E-state index contributed by atoms with van der Waals surface area (Å²) in [5.74, 6) is -0.222. The monoisotopic (exact) mass is 493 g/mol. The van der Waals surface area contributed by atoms with Crippen LogP contribution in [0.25, 0.3) is 0 Å². The molecule has 2 aliphatic heterocycles. The van der Waals surface area contributed by atoms with Crippen LogP contribution in [0.3, 0.4) is 0 Å². The maximum absolute atomic E-state index is 13.0. The minimum atomic E-state index is -3.61. The number of benzene rings is 1. The molecule has 176 valence electrons. The number of amides is 1. The van der Waals surface area contributed by atoms with Gasteiger partial charge in [0.2, 0.25) is 15.9 Å². The molecule has 0 saturated carbocycles. The average molecular weight is 494 g/mol. The number of nitro groups is 1. The second-order valence-corrected chi connectivity index (χ2v) is 10.4. The molecule has 1 amide bonds. The highest BCUT2D eigenvalue weighted by Crippen LogP contribution is 2.32. The number of nitrogens with zero attached hydrogens (tertiary/aromatic N) is 5. The summed E-state index contributed by atoms with van der Waals surface area (Å²) in [6.45, 7) is 2.42. The molecule has 2 aromatic rings. The van der Waals surface area contributed by atoms with Crippen LogP contribution in [0.2, 0.25) is 5.02 Å². The first-order valence-corrected chi connectivity index (χ1v) is 12.5. The highest BCUT2D eigenvalue weighted by atomic mass is 35.5. The van der Waals surface area contributed by atoms with E-state index < -0.39 is 14.9 Å². The van der Waals surface area contributed by atoms with Gasteiger partial charge in [0.1, 0.15) is 10.6 Å². The Labute approximate surface area is 197 Å². The zero-order valence-electron chi connectivity index (χ0n) is 17.8. The van der Waals surface area contributed by atoms with E-state index in [0.29, 0.717) is 49.7 Å². The van der Waals surface area contributed by atoms with Crippen molar-refractivity contribution in [1.82, 2.24) is 14.2 Å². The Balaban J connectivity index is 1.34. The Morgan fingerprint density at radius 2 is 1.79 bits per heavy atom. The van der Waals surface area contributed by atoms with Gasteiger partial charge in [-0.25, -0.2) is 8.42 Å². The quantitative estimate of drug-likeness (QED) is 0.463. The number of carbonyl (C=O) groups is 1. The molecule has 0 atom stereocenters. The van der Waals surface area contributed by atoms with Gasteiger partial charge in [0, 0.05) is 68.7 Å². The summed E-state index contributed by atoms with van der Waals surface area (Å²) in [4.78, 5) is 31.7.